The molecule has 0 unspecified atom stereocenters. The van der Waals surface area contributed by atoms with Gasteiger partial charge in [0.1, 0.15) is 89.9 Å². The number of aromatic nitrogens is 12. The van der Waals surface area contributed by atoms with Crippen LogP contribution in [-0.2, 0) is 26.2 Å². The summed E-state index contributed by atoms with van der Waals surface area (Å²) in [6.45, 7) is 7.86. The topological polar surface area (TPSA) is 204 Å². The Morgan fingerprint density at radius 3 is 0.580 bits per heavy atom. The van der Waals surface area contributed by atoms with Gasteiger partial charge in [-0.15, -0.1) is 60.0 Å². The maximum absolute atomic E-state index is 9.81. The average molecular weight is 992 g/mol. The molecule has 12 aromatic rings. The van der Waals surface area contributed by atoms with E-state index in [2.05, 4.69) is 40.8 Å². The van der Waals surface area contributed by atoms with Crippen molar-refractivity contribution in [1.82, 2.24) is 60.0 Å². The number of rotatable bonds is 4. The smallest absolute Gasteiger partial charge is 0.143 e. The normalized spacial score (nSPS) is 10.7. The van der Waals surface area contributed by atoms with E-state index < -0.39 is 0 Å². The summed E-state index contributed by atoms with van der Waals surface area (Å²) in [5.74, 6) is 0.707. The van der Waals surface area contributed by atoms with Crippen molar-refractivity contribution in [2.24, 2.45) is 0 Å². The number of benzene rings is 8. The summed E-state index contributed by atoms with van der Waals surface area (Å²) >= 11 is 0. The summed E-state index contributed by atoms with van der Waals surface area (Å²) in [4.78, 5) is 5.86. The van der Waals surface area contributed by atoms with E-state index in [1.807, 2.05) is 173 Å². The van der Waals surface area contributed by atoms with Gasteiger partial charge in [0, 0.05) is 26.2 Å². The Balaban J connectivity index is 0.000000123. The Morgan fingerprint density at radius 1 is 0.261 bits per heavy atom. The van der Waals surface area contributed by atoms with Gasteiger partial charge >= 0.3 is 0 Å². The van der Waals surface area contributed by atoms with Crippen molar-refractivity contribution in [3.63, 3.8) is 0 Å². The van der Waals surface area contributed by atoms with Gasteiger partial charge in [0.15, 0.2) is 0 Å². The number of phenols is 4. The molecule has 0 aliphatic heterocycles. The second-order valence-corrected chi connectivity index (χ2v) is 15.9. The third-order valence-corrected chi connectivity index (χ3v) is 10.5. The third-order valence-electron chi connectivity index (χ3n) is 10.5. The SMILES string of the molecule is Cc1ccc(O)c(-n2nc3ccccc3n2)c1.Cc1ccc(O)c(-n2nc3ccccc3n2)c1.Cc1ccc(O)c(-n2nc3ccccc3n2)c1.Cc1ccc(O)c(-n2nc3ccccc3n2)c1.[Zr]. The summed E-state index contributed by atoms with van der Waals surface area (Å²) in [7, 11) is 0. The molecule has 4 heterocycles. The number of hydrogen-bond acceptors (Lipinski definition) is 12. The summed E-state index contributed by atoms with van der Waals surface area (Å²) in [5.41, 5.74) is 13.1. The van der Waals surface area contributed by atoms with E-state index in [1.165, 1.54) is 19.2 Å². The molecule has 0 atom stereocenters. The molecule has 69 heavy (non-hydrogen) atoms. The van der Waals surface area contributed by atoms with Gasteiger partial charge < -0.3 is 20.4 Å². The molecule has 0 fully saturated rings. The van der Waals surface area contributed by atoms with Crippen molar-refractivity contribution in [1.29, 1.82) is 0 Å². The number of aryl methyl sites for hydroxylation is 4. The molecule has 8 aromatic carbocycles. The van der Waals surface area contributed by atoms with Crippen molar-refractivity contribution >= 4 is 44.1 Å². The van der Waals surface area contributed by atoms with Crippen LogP contribution >= 0.6 is 0 Å². The Labute approximate surface area is 414 Å². The number of phenolic OH excluding ortho intramolecular Hbond substituents is 4. The van der Waals surface area contributed by atoms with Crippen molar-refractivity contribution in [3.8, 4) is 45.7 Å². The van der Waals surface area contributed by atoms with Crippen molar-refractivity contribution in [3.05, 3.63) is 192 Å². The summed E-state index contributed by atoms with van der Waals surface area (Å²) in [6, 6.07) is 51.9. The summed E-state index contributed by atoms with van der Waals surface area (Å²) in [6.07, 6.45) is 0. The first-order valence-corrected chi connectivity index (χ1v) is 21.4. The molecule has 0 saturated heterocycles. The monoisotopic (exact) mass is 990 g/mol. The van der Waals surface area contributed by atoms with Crippen LogP contribution in [-0.4, -0.2) is 80.4 Å². The second-order valence-electron chi connectivity index (χ2n) is 15.9. The molecule has 0 amide bonds. The molecule has 0 aliphatic rings. The third kappa shape index (κ3) is 10.7. The van der Waals surface area contributed by atoms with Crippen molar-refractivity contribution in [2.45, 2.75) is 27.7 Å². The van der Waals surface area contributed by atoms with E-state index in [0.717, 1.165) is 66.4 Å². The first kappa shape index (κ1) is 47.0. The van der Waals surface area contributed by atoms with Crippen LogP contribution < -0.4 is 0 Å². The summed E-state index contributed by atoms with van der Waals surface area (Å²) < 4.78 is 0. The van der Waals surface area contributed by atoms with Gasteiger partial charge in [0.25, 0.3) is 0 Å². The van der Waals surface area contributed by atoms with Crippen LogP contribution in [0.4, 0.5) is 0 Å². The van der Waals surface area contributed by atoms with E-state index >= 15 is 0 Å². The van der Waals surface area contributed by atoms with E-state index in [-0.39, 0.29) is 49.2 Å². The maximum atomic E-state index is 9.81. The Hall–Kier alpha value is -8.56. The average Bonchev–Trinajstić information content (AvgIpc) is 4.17. The first-order valence-electron chi connectivity index (χ1n) is 21.4. The second kappa shape index (κ2) is 20.5. The first-order chi connectivity index (χ1) is 32.9. The van der Waals surface area contributed by atoms with Crippen LogP contribution in [0.1, 0.15) is 22.3 Å². The number of fused-ring (bicyclic) bond motifs is 4. The molecule has 16 nitrogen and oxygen atoms in total. The van der Waals surface area contributed by atoms with Crippen LogP contribution in [0.15, 0.2) is 170 Å². The summed E-state index contributed by atoms with van der Waals surface area (Å²) in [5, 5.41) is 73.9. The Morgan fingerprint density at radius 2 is 0.420 bits per heavy atom. The van der Waals surface area contributed by atoms with Crippen molar-refractivity contribution < 1.29 is 46.6 Å². The van der Waals surface area contributed by atoms with Crippen LogP contribution in [0.5, 0.6) is 23.0 Å². The largest absolute Gasteiger partial charge is 0.506 e. The van der Waals surface area contributed by atoms with Crippen LogP contribution in [0.2, 0.25) is 0 Å². The van der Waals surface area contributed by atoms with Gasteiger partial charge in [0.05, 0.1) is 0 Å². The van der Waals surface area contributed by atoms with E-state index in [4.69, 9.17) is 0 Å². The number of nitrogens with zero attached hydrogens (tertiary/aromatic N) is 12. The maximum Gasteiger partial charge on any atom is 0.143 e. The van der Waals surface area contributed by atoms with Crippen LogP contribution in [0, 0.1) is 27.7 Å². The molecule has 0 spiro atoms. The molecule has 4 N–H and O–H groups in total. The zero-order valence-corrected chi connectivity index (χ0v) is 40.3. The molecular formula is C52H44N12O4Zr. The molecule has 17 heteroatoms. The fourth-order valence-corrected chi connectivity index (χ4v) is 7.04. The number of hydrogen-bond donors (Lipinski definition) is 4. The molecule has 4 aromatic heterocycles. The minimum Gasteiger partial charge on any atom is -0.506 e. The van der Waals surface area contributed by atoms with Crippen molar-refractivity contribution in [2.75, 3.05) is 0 Å². The molecule has 12 rings (SSSR count). The predicted octanol–water partition coefficient (Wildman–Crippen LogP) is 9.74. The predicted molar refractivity (Wildman–Crippen MR) is 261 cm³/mol. The van der Waals surface area contributed by atoms with Gasteiger partial charge in [-0.1, -0.05) is 72.8 Å². The van der Waals surface area contributed by atoms with Gasteiger partial charge in [-0.3, -0.25) is 0 Å². The zero-order valence-electron chi connectivity index (χ0n) is 37.8. The molecule has 0 aliphatic carbocycles. The minimum atomic E-state index is 0. The molecule has 0 saturated carbocycles. The number of aromatic hydroxyl groups is 4. The van der Waals surface area contributed by atoms with E-state index in [1.54, 1.807) is 24.3 Å². The minimum absolute atomic E-state index is 0. The van der Waals surface area contributed by atoms with Gasteiger partial charge in [0.2, 0.25) is 0 Å². The standard InChI is InChI=1S/4C13H11N3O.Zr/c4*1-9-6-7-13(17)12(8-9)16-14-10-4-2-3-5-11(10)15-16;/h4*2-8,17H,1H3;. The fourth-order valence-electron chi connectivity index (χ4n) is 7.04. The molecule has 340 valence electrons. The van der Waals surface area contributed by atoms with Gasteiger partial charge in [-0.2, -0.15) is 0 Å². The molecule has 0 radical (unpaired) electrons. The molecule has 0 bridgehead atoms. The Bertz CT molecular complexity index is 3110. The quantitative estimate of drug-likeness (QED) is 0.130. The van der Waals surface area contributed by atoms with Gasteiger partial charge in [-0.25, -0.2) is 0 Å². The van der Waals surface area contributed by atoms with Crippen LogP contribution in [0.25, 0.3) is 66.9 Å². The fraction of sp³-hybridized carbons (Fsp3) is 0.0769. The Kier molecular flexibility index (Phi) is 14.0. The van der Waals surface area contributed by atoms with Gasteiger partial charge in [-0.05, 0) is 147 Å². The van der Waals surface area contributed by atoms with Crippen LogP contribution in [0.3, 0.4) is 0 Å². The van der Waals surface area contributed by atoms with E-state index in [9.17, 15) is 20.4 Å². The zero-order chi connectivity index (χ0) is 47.3. The van der Waals surface area contributed by atoms with E-state index in [0.29, 0.717) is 22.7 Å². The molecular weight excluding hydrogens is 948 g/mol.